The van der Waals surface area contributed by atoms with Crippen LogP contribution in [0.4, 0.5) is 0 Å². The van der Waals surface area contributed by atoms with Gasteiger partial charge in [-0.3, -0.25) is 20.1 Å². The van der Waals surface area contributed by atoms with Gasteiger partial charge in [0.15, 0.2) is 5.66 Å². The number of amides is 2. The van der Waals surface area contributed by atoms with Crippen molar-refractivity contribution in [2.24, 2.45) is 5.73 Å². The first kappa shape index (κ1) is 21.5. The van der Waals surface area contributed by atoms with Crippen LogP contribution in [0.25, 0.3) is 0 Å². The lowest BCUT2D eigenvalue weighted by Gasteiger charge is -2.27. The Kier molecular flexibility index (Phi) is 8.03. The third-order valence-corrected chi connectivity index (χ3v) is 3.21. The second kappa shape index (κ2) is 8.96. The molecule has 10 nitrogen and oxygen atoms in total. The summed E-state index contributed by atoms with van der Waals surface area (Å²) in [5, 5.41) is 13.3. The number of carbonyl (C=O) groups is 4. The van der Waals surface area contributed by atoms with E-state index < -0.39 is 47.8 Å². The predicted octanol–water partition coefficient (Wildman–Crippen LogP) is -1.42. The Labute approximate surface area is 139 Å². The number of nitrogens with one attached hydrogen (secondary N) is 2. The molecule has 0 aliphatic rings. The summed E-state index contributed by atoms with van der Waals surface area (Å²) in [6, 6.07) is 0. The molecule has 0 aromatic rings. The number of ether oxygens (including phenoxy) is 1. The highest BCUT2D eigenvalue weighted by Crippen LogP contribution is 2.13. The Bertz CT molecular complexity index is 522. The molecule has 0 rings (SSSR count). The molecule has 24 heavy (non-hydrogen) atoms. The number of carboxylic acid groups (broad SMARTS) is 1. The molecule has 0 aromatic carbocycles. The maximum Gasteiger partial charge on any atom is 0.344 e. The van der Waals surface area contributed by atoms with Crippen LogP contribution in [-0.2, 0) is 28.7 Å². The molecule has 2 amide bonds. The van der Waals surface area contributed by atoms with Crippen molar-refractivity contribution < 1.29 is 33.8 Å². The molecule has 0 heterocycles. The third kappa shape index (κ3) is 5.61. The lowest BCUT2D eigenvalue weighted by atomic mass is 9.97. The van der Waals surface area contributed by atoms with Crippen LogP contribution in [-0.4, -0.2) is 53.0 Å². The van der Waals surface area contributed by atoms with Gasteiger partial charge in [-0.25, -0.2) is 9.59 Å². The van der Waals surface area contributed by atoms with E-state index in [0.717, 1.165) is 6.92 Å². The first-order chi connectivity index (χ1) is 11.1. The monoisotopic (exact) mass is 344 g/mol. The van der Waals surface area contributed by atoms with Gasteiger partial charge in [-0.2, -0.15) is 0 Å². The van der Waals surface area contributed by atoms with Gasteiger partial charge >= 0.3 is 11.9 Å². The van der Waals surface area contributed by atoms with E-state index in [1.807, 2.05) is 5.32 Å². The highest BCUT2D eigenvalue weighted by Gasteiger charge is 2.42. The molecule has 0 fully saturated rings. The van der Waals surface area contributed by atoms with Crippen LogP contribution in [0.5, 0.6) is 0 Å². The second-order valence-corrected chi connectivity index (χ2v) is 5.09. The minimum atomic E-state index is -2.15. The van der Waals surface area contributed by atoms with Crippen molar-refractivity contribution in [3.63, 3.8) is 0 Å². The zero-order chi connectivity index (χ0) is 19.0. The van der Waals surface area contributed by atoms with Crippen LogP contribution in [0.3, 0.4) is 0 Å². The smallest absolute Gasteiger partial charge is 0.344 e. The number of carboxylic acids is 1. The van der Waals surface area contributed by atoms with Crippen LogP contribution in [0.2, 0.25) is 0 Å². The second-order valence-electron chi connectivity index (χ2n) is 5.09. The van der Waals surface area contributed by atoms with Crippen molar-refractivity contribution in [3.05, 3.63) is 0 Å². The summed E-state index contributed by atoms with van der Waals surface area (Å²) in [4.78, 5) is 57.1. The van der Waals surface area contributed by atoms with Crippen molar-refractivity contribution >= 4 is 30.0 Å². The van der Waals surface area contributed by atoms with E-state index in [4.69, 9.17) is 15.6 Å². The maximum absolute atomic E-state index is 12.0. The molecule has 1 unspecified atom stereocenters. The molecule has 0 saturated carbocycles. The fourth-order valence-corrected chi connectivity index (χ4v) is 1.83. The van der Waals surface area contributed by atoms with E-state index in [9.17, 15) is 24.0 Å². The van der Waals surface area contributed by atoms with Gasteiger partial charge in [0.2, 0.25) is 23.6 Å². The molecule has 0 aliphatic heterocycles. The van der Waals surface area contributed by atoms with E-state index in [0.29, 0.717) is 0 Å². The van der Waals surface area contributed by atoms with Crippen LogP contribution in [0, 0.1) is 0 Å². The van der Waals surface area contributed by atoms with E-state index >= 15 is 0 Å². The van der Waals surface area contributed by atoms with Crippen molar-refractivity contribution in [3.8, 4) is 0 Å². The quantitative estimate of drug-likeness (QED) is 0.213. The predicted molar refractivity (Wildman–Crippen MR) is 81.1 cm³/mol. The average Bonchev–Trinajstić information content (AvgIpc) is 2.50. The van der Waals surface area contributed by atoms with Crippen molar-refractivity contribution in [2.45, 2.75) is 51.2 Å². The van der Waals surface area contributed by atoms with E-state index in [-0.39, 0.29) is 13.0 Å². The lowest BCUT2D eigenvalue weighted by molar-refractivity contribution is -0.151. The Hall–Kier alpha value is -2.49. The molecule has 0 aliphatic carbocycles. The van der Waals surface area contributed by atoms with E-state index in [1.54, 1.807) is 0 Å². The van der Waals surface area contributed by atoms with Crippen molar-refractivity contribution in [2.75, 3.05) is 6.61 Å². The minimum absolute atomic E-state index is 0.00555. The normalized spacial score (nSPS) is 15.3. The van der Waals surface area contributed by atoms with Crippen LogP contribution in [0.15, 0.2) is 0 Å². The van der Waals surface area contributed by atoms with Gasteiger partial charge in [-0.05, 0) is 13.3 Å². The highest BCUT2D eigenvalue weighted by atomic mass is 16.5. The van der Waals surface area contributed by atoms with Crippen molar-refractivity contribution in [1.29, 1.82) is 0 Å². The van der Waals surface area contributed by atoms with Gasteiger partial charge in [0, 0.05) is 19.8 Å². The SMILES string of the molecule is CCOC(=O)C([C]=O)(CC)NC(=O)CC[C@@](N)(NC(C)=O)C(=O)O. The van der Waals surface area contributed by atoms with Gasteiger partial charge in [-0.1, -0.05) is 6.92 Å². The molecule has 0 bridgehead atoms. The zero-order valence-electron chi connectivity index (χ0n) is 13.8. The summed E-state index contributed by atoms with van der Waals surface area (Å²) in [7, 11) is 0. The molecule has 0 aromatic heterocycles. The number of nitrogens with two attached hydrogens (primary N) is 1. The molecule has 135 valence electrons. The number of esters is 1. The summed E-state index contributed by atoms with van der Waals surface area (Å²) in [6.07, 6.45) is 0.460. The molecule has 1 radical (unpaired) electrons. The topological polar surface area (TPSA) is 165 Å². The van der Waals surface area contributed by atoms with E-state index in [1.165, 1.54) is 20.1 Å². The largest absolute Gasteiger partial charge is 0.478 e. The number of carbonyl (C=O) groups excluding carboxylic acids is 4. The number of hydrogen-bond acceptors (Lipinski definition) is 7. The van der Waals surface area contributed by atoms with Gasteiger partial charge < -0.3 is 20.5 Å². The number of hydrogen-bond donors (Lipinski definition) is 4. The molecular weight excluding hydrogens is 322 g/mol. The summed E-state index contributed by atoms with van der Waals surface area (Å²) in [5.74, 6) is -3.99. The van der Waals surface area contributed by atoms with Crippen molar-refractivity contribution in [1.82, 2.24) is 10.6 Å². The van der Waals surface area contributed by atoms with Crippen LogP contribution >= 0.6 is 0 Å². The van der Waals surface area contributed by atoms with Crippen LogP contribution < -0.4 is 16.4 Å². The Balaban J connectivity index is 5.03. The third-order valence-electron chi connectivity index (χ3n) is 3.21. The summed E-state index contributed by atoms with van der Waals surface area (Å²) >= 11 is 0. The number of rotatable bonds is 10. The molecule has 2 atom stereocenters. The summed E-state index contributed by atoms with van der Waals surface area (Å²) < 4.78 is 4.73. The lowest BCUT2D eigenvalue weighted by Crippen LogP contribution is -2.62. The molecular formula is C14H22N3O7. The van der Waals surface area contributed by atoms with Crippen LogP contribution in [0.1, 0.15) is 40.0 Å². The minimum Gasteiger partial charge on any atom is -0.478 e. The van der Waals surface area contributed by atoms with Gasteiger partial charge in [0.1, 0.15) is 0 Å². The van der Waals surface area contributed by atoms with E-state index in [2.05, 4.69) is 5.32 Å². The standard InChI is InChI=1S/C14H22N3O7/c1-4-13(8-18,12(23)24-5-2)17-10(20)6-7-14(15,11(21)22)16-9(3)19/h4-7,15H2,1-3H3,(H,16,19)(H,17,20)(H,21,22)/t13?,14-/m1/s1. The van der Waals surface area contributed by atoms with Gasteiger partial charge in [-0.15, -0.1) is 0 Å². The average molecular weight is 344 g/mol. The first-order valence-electron chi connectivity index (χ1n) is 7.25. The fourth-order valence-electron chi connectivity index (χ4n) is 1.83. The zero-order valence-corrected chi connectivity index (χ0v) is 13.8. The molecule has 0 saturated heterocycles. The van der Waals surface area contributed by atoms with Gasteiger partial charge in [0.25, 0.3) is 0 Å². The molecule has 10 heteroatoms. The first-order valence-corrected chi connectivity index (χ1v) is 7.25. The highest BCUT2D eigenvalue weighted by molar-refractivity contribution is 6.02. The Morgan fingerprint density at radius 3 is 2.17 bits per heavy atom. The van der Waals surface area contributed by atoms with Gasteiger partial charge in [0.05, 0.1) is 6.61 Å². The Morgan fingerprint density at radius 1 is 1.21 bits per heavy atom. The molecule has 0 spiro atoms. The summed E-state index contributed by atoms with van der Waals surface area (Å²) in [6.45, 7) is 4.10. The maximum atomic E-state index is 12.0. The Morgan fingerprint density at radius 2 is 1.79 bits per heavy atom. The summed E-state index contributed by atoms with van der Waals surface area (Å²) in [5.41, 5.74) is 1.43. The molecule has 5 N–H and O–H groups in total. The number of aliphatic carboxylic acids is 1. The fraction of sp³-hybridized carbons (Fsp3) is 0.643.